The Bertz CT molecular complexity index is 283. The summed E-state index contributed by atoms with van der Waals surface area (Å²) in [6.45, 7) is -1.38. The zero-order chi connectivity index (χ0) is 10.6. The molecule has 14 heavy (non-hydrogen) atoms. The van der Waals surface area contributed by atoms with Crippen LogP contribution in [0.1, 0.15) is 5.56 Å². The lowest BCUT2D eigenvalue weighted by molar-refractivity contribution is 0.0166. The Hall–Kier alpha value is -0.640. The van der Waals surface area contributed by atoms with E-state index in [-0.39, 0.29) is 6.42 Å². The highest BCUT2D eigenvalue weighted by Gasteiger charge is 2.28. The summed E-state index contributed by atoms with van der Waals surface area (Å²) in [6.07, 6.45) is -0.0167. The number of hydrogen-bond acceptors (Lipinski definition) is 2. The van der Waals surface area contributed by atoms with Crippen LogP contribution in [0.2, 0.25) is 5.02 Å². The van der Waals surface area contributed by atoms with Gasteiger partial charge in [-0.25, -0.2) is 4.39 Å². The van der Waals surface area contributed by atoms with Crippen LogP contribution in [0.3, 0.4) is 0 Å². The van der Waals surface area contributed by atoms with Crippen LogP contribution in [0.25, 0.3) is 0 Å². The van der Waals surface area contributed by atoms with E-state index < -0.39 is 18.9 Å². The molecule has 0 radical (unpaired) electrons. The first-order valence-electron chi connectivity index (χ1n) is 4.25. The van der Waals surface area contributed by atoms with E-state index in [2.05, 4.69) is 0 Å². The second-order valence-corrected chi connectivity index (χ2v) is 3.71. The predicted octanol–water partition coefficient (Wildman–Crippen LogP) is 1.58. The van der Waals surface area contributed by atoms with E-state index in [1.165, 1.54) is 0 Å². The minimum atomic E-state index is -1.95. The van der Waals surface area contributed by atoms with Gasteiger partial charge in [0.1, 0.15) is 0 Å². The minimum absolute atomic E-state index is 0.0167. The van der Waals surface area contributed by atoms with Crippen LogP contribution in [0.5, 0.6) is 0 Å². The van der Waals surface area contributed by atoms with Crippen LogP contribution in [0.15, 0.2) is 24.3 Å². The van der Waals surface area contributed by atoms with Gasteiger partial charge in [-0.2, -0.15) is 0 Å². The second kappa shape index (κ2) is 4.73. The van der Waals surface area contributed by atoms with Crippen LogP contribution in [-0.2, 0) is 6.42 Å². The Labute approximate surface area is 86.9 Å². The number of aliphatic hydroxyl groups is 2. The van der Waals surface area contributed by atoms with Crippen molar-refractivity contribution in [2.45, 2.75) is 12.1 Å². The SMILES string of the molecule is OCC(F)(CO)Cc1ccc(Cl)cc1. The largest absolute Gasteiger partial charge is 0.393 e. The van der Waals surface area contributed by atoms with E-state index in [0.29, 0.717) is 10.6 Å². The quantitative estimate of drug-likeness (QED) is 0.806. The fourth-order valence-electron chi connectivity index (χ4n) is 1.13. The molecule has 2 N–H and O–H groups in total. The third-order valence-electron chi connectivity index (χ3n) is 2.00. The normalized spacial score (nSPS) is 11.7. The molecule has 1 aromatic carbocycles. The van der Waals surface area contributed by atoms with E-state index in [9.17, 15) is 4.39 Å². The highest BCUT2D eigenvalue weighted by atomic mass is 35.5. The van der Waals surface area contributed by atoms with Gasteiger partial charge >= 0.3 is 0 Å². The lowest BCUT2D eigenvalue weighted by Crippen LogP contribution is -2.34. The van der Waals surface area contributed by atoms with Gasteiger partial charge in [-0.05, 0) is 17.7 Å². The maximum atomic E-state index is 13.5. The van der Waals surface area contributed by atoms with E-state index in [4.69, 9.17) is 21.8 Å². The summed E-state index contributed by atoms with van der Waals surface area (Å²) in [4.78, 5) is 0. The molecule has 0 aliphatic rings. The third-order valence-corrected chi connectivity index (χ3v) is 2.25. The second-order valence-electron chi connectivity index (χ2n) is 3.27. The zero-order valence-corrected chi connectivity index (χ0v) is 8.34. The van der Waals surface area contributed by atoms with Gasteiger partial charge in [0.2, 0.25) is 0 Å². The molecule has 0 fully saturated rings. The molecule has 1 aromatic rings. The van der Waals surface area contributed by atoms with Crippen molar-refractivity contribution in [3.8, 4) is 0 Å². The molecule has 2 nitrogen and oxygen atoms in total. The van der Waals surface area contributed by atoms with Crippen molar-refractivity contribution >= 4 is 11.6 Å². The minimum Gasteiger partial charge on any atom is -0.393 e. The van der Waals surface area contributed by atoms with Gasteiger partial charge in [0.25, 0.3) is 0 Å². The Kier molecular flexibility index (Phi) is 3.86. The van der Waals surface area contributed by atoms with E-state index in [1.807, 2.05) is 0 Å². The molecule has 0 atom stereocenters. The van der Waals surface area contributed by atoms with Crippen LogP contribution in [0.4, 0.5) is 4.39 Å². The Morgan fingerprint density at radius 1 is 1.14 bits per heavy atom. The molecule has 0 bridgehead atoms. The van der Waals surface area contributed by atoms with Crippen molar-refractivity contribution < 1.29 is 14.6 Å². The first-order valence-corrected chi connectivity index (χ1v) is 4.62. The first-order chi connectivity index (χ1) is 6.59. The number of rotatable bonds is 4. The topological polar surface area (TPSA) is 40.5 Å². The molecule has 0 aliphatic heterocycles. The molecule has 4 heteroatoms. The molecule has 1 rings (SSSR count). The monoisotopic (exact) mass is 218 g/mol. The molecule has 0 saturated heterocycles. The van der Waals surface area contributed by atoms with Gasteiger partial charge in [-0.15, -0.1) is 0 Å². The van der Waals surface area contributed by atoms with Crippen molar-refractivity contribution in [3.05, 3.63) is 34.9 Å². The fourth-order valence-corrected chi connectivity index (χ4v) is 1.26. The summed E-state index contributed by atoms with van der Waals surface area (Å²) in [5.41, 5.74) is -1.26. The highest BCUT2D eigenvalue weighted by molar-refractivity contribution is 6.30. The smallest absolute Gasteiger partial charge is 0.160 e. The maximum absolute atomic E-state index is 13.5. The number of benzene rings is 1. The average Bonchev–Trinajstić information content (AvgIpc) is 2.21. The molecular formula is C10H12ClFO2. The van der Waals surface area contributed by atoms with E-state index >= 15 is 0 Å². The lowest BCUT2D eigenvalue weighted by atomic mass is 9.98. The highest BCUT2D eigenvalue weighted by Crippen LogP contribution is 2.18. The fraction of sp³-hybridized carbons (Fsp3) is 0.400. The molecule has 0 aliphatic carbocycles. The van der Waals surface area contributed by atoms with Crippen LogP contribution < -0.4 is 0 Å². The maximum Gasteiger partial charge on any atom is 0.160 e. The Balaban J connectivity index is 2.72. The summed E-state index contributed by atoms with van der Waals surface area (Å²) in [7, 11) is 0. The molecule has 0 spiro atoms. The number of halogens is 2. The first kappa shape index (κ1) is 11.4. The summed E-state index contributed by atoms with van der Waals surface area (Å²) >= 11 is 5.66. The lowest BCUT2D eigenvalue weighted by Gasteiger charge is -2.19. The van der Waals surface area contributed by atoms with Crippen molar-refractivity contribution in [2.75, 3.05) is 13.2 Å². The number of alkyl halides is 1. The van der Waals surface area contributed by atoms with Crippen LogP contribution in [-0.4, -0.2) is 29.1 Å². The predicted molar refractivity (Wildman–Crippen MR) is 53.2 cm³/mol. The molecule has 0 heterocycles. The molecule has 78 valence electrons. The van der Waals surface area contributed by atoms with Gasteiger partial charge in [0.05, 0.1) is 13.2 Å². The molecule has 0 unspecified atom stereocenters. The van der Waals surface area contributed by atoms with Crippen molar-refractivity contribution in [1.82, 2.24) is 0 Å². The van der Waals surface area contributed by atoms with Crippen molar-refractivity contribution in [1.29, 1.82) is 0 Å². The van der Waals surface area contributed by atoms with Gasteiger partial charge < -0.3 is 10.2 Å². The van der Waals surface area contributed by atoms with Crippen molar-refractivity contribution in [3.63, 3.8) is 0 Å². The third kappa shape index (κ3) is 2.94. The van der Waals surface area contributed by atoms with Crippen LogP contribution in [0, 0.1) is 0 Å². The summed E-state index contributed by atoms with van der Waals surface area (Å²) < 4.78 is 13.5. The summed E-state index contributed by atoms with van der Waals surface area (Å²) in [5.74, 6) is 0. The number of aliphatic hydroxyl groups excluding tert-OH is 2. The summed E-state index contributed by atoms with van der Waals surface area (Å²) in [6, 6.07) is 6.63. The number of hydrogen-bond donors (Lipinski definition) is 2. The summed E-state index contributed by atoms with van der Waals surface area (Å²) in [5, 5.41) is 18.1. The Morgan fingerprint density at radius 2 is 1.64 bits per heavy atom. The molecule has 0 aromatic heterocycles. The molecule has 0 saturated carbocycles. The Morgan fingerprint density at radius 3 is 2.07 bits per heavy atom. The van der Waals surface area contributed by atoms with Gasteiger partial charge in [-0.3, -0.25) is 0 Å². The average molecular weight is 219 g/mol. The van der Waals surface area contributed by atoms with E-state index in [1.54, 1.807) is 24.3 Å². The van der Waals surface area contributed by atoms with Gasteiger partial charge in [-0.1, -0.05) is 23.7 Å². The standard InChI is InChI=1S/C10H12ClFO2/c11-9-3-1-8(2-4-9)5-10(12,6-13)7-14/h1-4,13-14H,5-7H2. The van der Waals surface area contributed by atoms with E-state index in [0.717, 1.165) is 0 Å². The van der Waals surface area contributed by atoms with Gasteiger partial charge in [0, 0.05) is 11.4 Å². The van der Waals surface area contributed by atoms with Crippen molar-refractivity contribution in [2.24, 2.45) is 0 Å². The zero-order valence-electron chi connectivity index (χ0n) is 7.58. The van der Waals surface area contributed by atoms with Crippen LogP contribution >= 0.6 is 11.6 Å². The molecule has 0 amide bonds. The van der Waals surface area contributed by atoms with Gasteiger partial charge in [0.15, 0.2) is 5.67 Å². The molecular weight excluding hydrogens is 207 g/mol.